The Hall–Kier alpha value is -4.97. The zero-order valence-corrected chi connectivity index (χ0v) is 50.1. The van der Waals surface area contributed by atoms with Crippen molar-refractivity contribution in [3.63, 3.8) is 0 Å². The molecule has 438 valence electrons. The van der Waals surface area contributed by atoms with Crippen molar-refractivity contribution in [2.24, 2.45) is 0 Å². The predicted molar refractivity (Wildman–Crippen MR) is 338 cm³/mol. The fourth-order valence-corrected chi connectivity index (χ4v) is 8.09. The highest BCUT2D eigenvalue weighted by Gasteiger charge is 2.19. The first-order valence-corrected chi connectivity index (χ1v) is 31.5. The summed E-state index contributed by atoms with van der Waals surface area (Å²) < 4.78 is 16.8. The average Bonchev–Trinajstić information content (AvgIpc) is 3.44. The molecule has 0 rings (SSSR count). The van der Waals surface area contributed by atoms with Crippen molar-refractivity contribution in [2.75, 3.05) is 13.2 Å². The molecule has 0 saturated carbocycles. The molecule has 1 unspecified atom stereocenters. The van der Waals surface area contributed by atoms with Crippen LogP contribution < -0.4 is 0 Å². The van der Waals surface area contributed by atoms with Gasteiger partial charge in [0.15, 0.2) is 6.10 Å². The van der Waals surface area contributed by atoms with Gasteiger partial charge in [0.1, 0.15) is 13.2 Å². The number of unbranched alkanes of at least 4 members (excludes halogenated alkanes) is 18. The fourth-order valence-electron chi connectivity index (χ4n) is 8.09. The van der Waals surface area contributed by atoms with Gasteiger partial charge in [0.25, 0.3) is 0 Å². The molecule has 0 radical (unpaired) electrons. The summed E-state index contributed by atoms with van der Waals surface area (Å²) in [6.07, 6.45) is 93.9. The summed E-state index contributed by atoms with van der Waals surface area (Å²) in [5.74, 6) is -0.980. The largest absolute Gasteiger partial charge is 0.462 e. The zero-order chi connectivity index (χ0) is 56.4. The van der Waals surface area contributed by atoms with Crippen molar-refractivity contribution in [3.05, 3.63) is 158 Å². The summed E-state index contributed by atoms with van der Waals surface area (Å²) in [7, 11) is 0. The maximum Gasteiger partial charge on any atom is 0.306 e. The molecular formula is C72H114O6. The Labute approximate surface area is 480 Å². The van der Waals surface area contributed by atoms with Gasteiger partial charge in [-0.25, -0.2) is 0 Å². The van der Waals surface area contributed by atoms with Crippen LogP contribution in [0.4, 0.5) is 0 Å². The first-order valence-electron chi connectivity index (χ1n) is 31.5. The minimum Gasteiger partial charge on any atom is -0.462 e. The number of rotatable bonds is 55. The van der Waals surface area contributed by atoms with Crippen molar-refractivity contribution in [1.82, 2.24) is 0 Å². The van der Waals surface area contributed by atoms with E-state index in [1.165, 1.54) is 57.8 Å². The number of esters is 3. The van der Waals surface area contributed by atoms with E-state index in [1.54, 1.807) is 0 Å². The van der Waals surface area contributed by atoms with Gasteiger partial charge in [0, 0.05) is 19.3 Å². The first-order chi connectivity index (χ1) is 38.5. The van der Waals surface area contributed by atoms with Crippen molar-refractivity contribution in [3.8, 4) is 0 Å². The Morgan fingerprint density at radius 2 is 0.500 bits per heavy atom. The lowest BCUT2D eigenvalue weighted by atomic mass is 10.1. The number of hydrogen-bond donors (Lipinski definition) is 0. The Morgan fingerprint density at radius 1 is 0.269 bits per heavy atom. The lowest BCUT2D eigenvalue weighted by Crippen LogP contribution is -2.30. The van der Waals surface area contributed by atoms with Gasteiger partial charge in [-0.15, -0.1) is 0 Å². The van der Waals surface area contributed by atoms with Crippen molar-refractivity contribution in [2.45, 2.75) is 264 Å². The molecule has 0 aliphatic rings. The molecule has 0 heterocycles. The summed E-state index contributed by atoms with van der Waals surface area (Å²) in [5, 5.41) is 0. The van der Waals surface area contributed by atoms with Crippen LogP contribution in [-0.2, 0) is 28.6 Å². The maximum atomic E-state index is 12.9. The lowest BCUT2D eigenvalue weighted by molar-refractivity contribution is -0.167. The summed E-state index contributed by atoms with van der Waals surface area (Å²) in [4.78, 5) is 38.3. The Morgan fingerprint density at radius 3 is 0.808 bits per heavy atom. The molecule has 0 N–H and O–H groups in total. The van der Waals surface area contributed by atoms with E-state index in [-0.39, 0.29) is 31.1 Å². The Balaban J connectivity index is 4.42. The molecule has 0 fully saturated rings. The van der Waals surface area contributed by atoms with Crippen molar-refractivity contribution >= 4 is 17.9 Å². The van der Waals surface area contributed by atoms with Gasteiger partial charge in [-0.3, -0.25) is 14.4 Å². The van der Waals surface area contributed by atoms with Crippen LogP contribution in [-0.4, -0.2) is 37.2 Å². The molecule has 6 heteroatoms. The topological polar surface area (TPSA) is 78.9 Å². The molecule has 78 heavy (non-hydrogen) atoms. The van der Waals surface area contributed by atoms with Crippen LogP contribution >= 0.6 is 0 Å². The standard InChI is InChI=1S/C72H114O6/c1-4-7-10-13-16-19-22-25-28-30-31-32-33-34-35-36-37-38-39-40-41-42-45-47-50-53-56-59-62-65-71(74)77-68-69(67-76-70(73)64-61-58-55-52-49-46-43-27-24-21-18-15-12-9-6-3)78-72(75)66-63-60-57-54-51-48-44-29-26-23-20-17-14-11-8-5-2/h7,9-10,12,16,18-21,23,25,27-29,31-32,34-35,37-38,40-41,43-44,49,52,69H,4-6,8,11,13-15,17,22,24,26,30,33,36,39,42,45-48,50-51,53-68H2,1-3H3/b10-7-,12-9-,19-16-,21-18-,23-20-,28-25-,32-31-,35-34-,38-37-,41-40-,43-27-,44-29-,52-49-. The van der Waals surface area contributed by atoms with Crippen LogP contribution in [0.15, 0.2) is 158 Å². The van der Waals surface area contributed by atoms with Gasteiger partial charge >= 0.3 is 17.9 Å². The minimum atomic E-state index is -0.816. The van der Waals surface area contributed by atoms with E-state index in [1.807, 2.05) is 0 Å². The van der Waals surface area contributed by atoms with Gasteiger partial charge in [-0.2, -0.15) is 0 Å². The molecule has 0 aliphatic carbocycles. The number of ether oxygens (including phenoxy) is 3. The summed E-state index contributed by atoms with van der Waals surface area (Å²) in [5.41, 5.74) is 0. The quantitative estimate of drug-likeness (QED) is 0.0261. The van der Waals surface area contributed by atoms with E-state index in [0.29, 0.717) is 25.7 Å². The van der Waals surface area contributed by atoms with Gasteiger partial charge in [-0.1, -0.05) is 249 Å². The third-order valence-corrected chi connectivity index (χ3v) is 12.7. The predicted octanol–water partition coefficient (Wildman–Crippen LogP) is 21.7. The highest BCUT2D eigenvalue weighted by atomic mass is 16.6. The normalized spacial score (nSPS) is 13.2. The molecule has 6 nitrogen and oxygen atoms in total. The number of hydrogen-bond acceptors (Lipinski definition) is 6. The number of carbonyl (C=O) groups excluding carboxylic acids is 3. The molecule has 0 spiro atoms. The van der Waals surface area contributed by atoms with Crippen LogP contribution in [0, 0.1) is 0 Å². The molecule has 0 aromatic heterocycles. The van der Waals surface area contributed by atoms with E-state index < -0.39 is 6.10 Å². The van der Waals surface area contributed by atoms with Crippen LogP contribution in [0.3, 0.4) is 0 Å². The minimum absolute atomic E-state index is 0.109. The van der Waals surface area contributed by atoms with E-state index in [2.05, 4.69) is 179 Å². The Kier molecular flexibility index (Phi) is 60.4. The second-order valence-corrected chi connectivity index (χ2v) is 20.2. The smallest absolute Gasteiger partial charge is 0.306 e. The molecule has 0 aliphatic heterocycles. The second kappa shape index (κ2) is 64.6. The highest BCUT2D eigenvalue weighted by molar-refractivity contribution is 5.71. The second-order valence-electron chi connectivity index (χ2n) is 20.2. The number of allylic oxidation sites excluding steroid dienone is 26. The van der Waals surface area contributed by atoms with Crippen LogP contribution in [0.5, 0.6) is 0 Å². The third-order valence-electron chi connectivity index (χ3n) is 12.7. The molecular weight excluding hydrogens is 961 g/mol. The van der Waals surface area contributed by atoms with E-state index >= 15 is 0 Å². The average molecular weight is 1080 g/mol. The van der Waals surface area contributed by atoms with Gasteiger partial charge < -0.3 is 14.2 Å². The maximum absolute atomic E-state index is 12.9. The monoisotopic (exact) mass is 1070 g/mol. The zero-order valence-electron chi connectivity index (χ0n) is 50.1. The molecule has 0 bridgehead atoms. The molecule has 0 aromatic carbocycles. The first kappa shape index (κ1) is 73.0. The van der Waals surface area contributed by atoms with Gasteiger partial charge in [0.05, 0.1) is 0 Å². The van der Waals surface area contributed by atoms with Gasteiger partial charge in [0.2, 0.25) is 0 Å². The van der Waals surface area contributed by atoms with Crippen molar-refractivity contribution < 1.29 is 28.6 Å². The van der Waals surface area contributed by atoms with Crippen molar-refractivity contribution in [1.29, 1.82) is 0 Å². The molecule has 0 saturated heterocycles. The fraction of sp³-hybridized carbons (Fsp3) is 0.597. The Bertz CT molecular complexity index is 1760. The van der Waals surface area contributed by atoms with Gasteiger partial charge in [-0.05, 0) is 148 Å². The summed E-state index contributed by atoms with van der Waals surface area (Å²) in [6, 6.07) is 0. The SMILES string of the molecule is CC/C=C\C/C=C\C/C=C\C/C=C\C/C=C\C/C=C\C/C=C\CCCCCCCCCC(=O)OCC(COC(=O)CCCC/C=C\C/C=C\C/C=C\C/C=C\CC)OC(=O)CCCCCCC/C=C\C/C=C\CCCCCC. The molecule has 1 atom stereocenters. The van der Waals surface area contributed by atoms with Crippen LogP contribution in [0.1, 0.15) is 258 Å². The third kappa shape index (κ3) is 61.9. The summed E-state index contributed by atoms with van der Waals surface area (Å²) >= 11 is 0. The molecule has 0 amide bonds. The van der Waals surface area contributed by atoms with E-state index in [9.17, 15) is 14.4 Å². The van der Waals surface area contributed by atoms with E-state index in [4.69, 9.17) is 14.2 Å². The van der Waals surface area contributed by atoms with Crippen LogP contribution in [0.25, 0.3) is 0 Å². The number of carbonyl (C=O) groups is 3. The van der Waals surface area contributed by atoms with E-state index in [0.717, 1.165) is 154 Å². The summed E-state index contributed by atoms with van der Waals surface area (Å²) in [6.45, 7) is 6.33. The molecule has 0 aromatic rings. The lowest BCUT2D eigenvalue weighted by Gasteiger charge is -2.18. The highest BCUT2D eigenvalue weighted by Crippen LogP contribution is 2.14. The van der Waals surface area contributed by atoms with Crippen LogP contribution in [0.2, 0.25) is 0 Å².